The predicted octanol–water partition coefficient (Wildman–Crippen LogP) is -1.97. The van der Waals surface area contributed by atoms with Crippen molar-refractivity contribution < 1.29 is 100 Å². The van der Waals surface area contributed by atoms with Gasteiger partial charge in [0.2, 0.25) is 0 Å². The van der Waals surface area contributed by atoms with Gasteiger partial charge in [-0.1, -0.05) is 0 Å². The molecule has 3 aromatic carbocycles. The van der Waals surface area contributed by atoms with E-state index in [0.29, 0.717) is 51.7 Å². The number of halogens is 3. The number of ether oxygens (including phenoxy) is 9. The molecule has 4 rings (SSSR count). The molecule has 1 aliphatic rings. The van der Waals surface area contributed by atoms with Crippen LogP contribution in [-0.2, 0) is 20.4 Å². The van der Waals surface area contributed by atoms with E-state index >= 15 is 0 Å². The summed E-state index contributed by atoms with van der Waals surface area (Å²) < 4.78 is 55.3. The molecule has 0 heterocycles. The van der Waals surface area contributed by atoms with Gasteiger partial charge in [0.25, 0.3) is 0 Å². The molecule has 14 heteroatoms. The van der Waals surface area contributed by atoms with Crippen LogP contribution in [0.25, 0.3) is 0 Å². The number of rotatable bonds is 13. The molecule has 308 valence electrons. The summed E-state index contributed by atoms with van der Waals surface area (Å²) in [5.41, 5.74) is 10.7. The van der Waals surface area contributed by atoms with Crippen molar-refractivity contribution in [2.45, 2.75) is 72.6 Å². The van der Waals surface area contributed by atoms with Gasteiger partial charge >= 0.3 is 331 Å². The minimum Gasteiger partial charge on any atom is -1.00 e. The molecule has 0 atom stereocenters. The zero-order valence-electron chi connectivity index (χ0n) is 36.3. The summed E-state index contributed by atoms with van der Waals surface area (Å²) in [6, 6.07) is 0. The van der Waals surface area contributed by atoms with Gasteiger partial charge in [0, 0.05) is 0 Å². The second-order valence-electron chi connectivity index (χ2n) is 13.7. The molecular formula is C42H57Cl3O9SiTi. The molecule has 0 bridgehead atoms. The molecule has 0 aliphatic heterocycles. The third-order valence-electron chi connectivity index (χ3n) is 11.9. The van der Waals surface area contributed by atoms with Crippen molar-refractivity contribution in [2.24, 2.45) is 0 Å². The van der Waals surface area contributed by atoms with E-state index in [9.17, 15) is 0 Å². The maximum atomic E-state index is 6.29. The summed E-state index contributed by atoms with van der Waals surface area (Å²) in [7, 11) is 11.3. The fourth-order valence-corrected chi connectivity index (χ4v) is 19.3. The van der Waals surface area contributed by atoms with Crippen LogP contribution in [0, 0.1) is 41.5 Å². The first-order valence-electron chi connectivity index (χ1n) is 17.5. The number of hydrogen-bond acceptors (Lipinski definition) is 9. The van der Waals surface area contributed by atoms with Gasteiger partial charge in [-0.25, -0.2) is 0 Å². The minimum atomic E-state index is -3.75. The van der Waals surface area contributed by atoms with Gasteiger partial charge in [-0.15, -0.1) is 0 Å². The monoisotopic (exact) mass is 886 g/mol. The molecule has 0 radical (unpaired) electrons. The fraction of sp³-hybridized carbons (Fsp3) is 0.476. The van der Waals surface area contributed by atoms with E-state index in [0.717, 1.165) is 48.9 Å². The Labute approximate surface area is 365 Å². The van der Waals surface area contributed by atoms with Crippen LogP contribution in [0.1, 0.15) is 61.1 Å². The first-order chi connectivity index (χ1) is 25.0. The van der Waals surface area contributed by atoms with E-state index < -0.39 is 11.4 Å². The average Bonchev–Trinajstić information content (AvgIpc) is 3.29. The van der Waals surface area contributed by atoms with Gasteiger partial charge in [0.05, 0.1) is 0 Å². The van der Waals surface area contributed by atoms with Gasteiger partial charge in [0.1, 0.15) is 0 Å². The summed E-state index contributed by atoms with van der Waals surface area (Å²) >= 11 is 2.41. The number of methoxy groups -OCH3 is 9. The minimum absolute atomic E-state index is 0. The third-order valence-corrected chi connectivity index (χ3v) is 21.2. The van der Waals surface area contributed by atoms with Gasteiger partial charge in [-0.05, 0) is 0 Å². The van der Waals surface area contributed by atoms with Crippen molar-refractivity contribution in [1.82, 2.24) is 0 Å². The summed E-state index contributed by atoms with van der Waals surface area (Å²) in [5.74, 6) is 5.23. The summed E-state index contributed by atoms with van der Waals surface area (Å²) in [5, 5.41) is 3.32. The number of allylic oxidation sites excluding steroid dienone is 4. The van der Waals surface area contributed by atoms with Crippen LogP contribution >= 0.6 is 0 Å². The smallest absolute Gasteiger partial charge is 1.00 e. The van der Waals surface area contributed by atoms with Gasteiger partial charge in [0.15, 0.2) is 0 Å². The Balaban J connectivity index is 0.00000523. The predicted molar refractivity (Wildman–Crippen MR) is 211 cm³/mol. The summed E-state index contributed by atoms with van der Waals surface area (Å²) in [6.07, 6.45) is 0. The molecule has 0 saturated carbocycles. The zero-order chi connectivity index (χ0) is 40.1. The van der Waals surface area contributed by atoms with Crippen molar-refractivity contribution in [2.75, 3.05) is 64.0 Å². The Morgan fingerprint density at radius 1 is 0.321 bits per heavy atom. The Hall–Kier alpha value is -2.86. The standard InChI is InChI=1S/C42H57O9Si.3ClH.Ti/c1-20-21(2)23(4)39(22(20)3)52(40-24(5)30(43-11)36(49-17)31(44-12)25(40)6,41-26(7)32(45-13)37(50-18)33(46-14)27(41)8)42-28(9)34(47-15)38(51-19)35(48-16)29(42)10;;;;/h1-19H3;3*1H;/q;;;;+3/p-3. The van der Waals surface area contributed by atoms with Crippen LogP contribution < -0.4 is 95.4 Å². The molecule has 9 nitrogen and oxygen atoms in total. The SMILES string of the molecule is COc1c(C)c([Si](c2c(C)c(OC)c(OC)c(OC)c2C)(c2c(C)c(OC)c(OC)c(OC)c2C)[C]2([Ti+3])C(C)=C(C)C(C)=C2C)c(C)c(OC)c1OC.[Cl-].[Cl-].[Cl-]. The quantitative estimate of drug-likeness (QED) is 0.144. The van der Waals surface area contributed by atoms with Crippen molar-refractivity contribution in [3.63, 3.8) is 0 Å². The molecule has 3 aromatic rings. The van der Waals surface area contributed by atoms with E-state index in [4.69, 9.17) is 42.6 Å². The third kappa shape index (κ3) is 6.74. The molecule has 0 aromatic heterocycles. The molecule has 0 saturated heterocycles. The van der Waals surface area contributed by atoms with E-state index in [2.05, 4.69) is 89.7 Å². The average molecular weight is 888 g/mol. The molecule has 0 spiro atoms. The number of benzene rings is 3. The topological polar surface area (TPSA) is 83.1 Å². The van der Waals surface area contributed by atoms with E-state index in [-0.39, 0.29) is 37.2 Å². The van der Waals surface area contributed by atoms with Crippen LogP contribution in [0.2, 0.25) is 3.34 Å². The van der Waals surface area contributed by atoms with E-state index in [1.807, 2.05) is 0 Å². The van der Waals surface area contributed by atoms with Crippen molar-refractivity contribution in [3.05, 3.63) is 55.7 Å². The molecule has 1 aliphatic carbocycles. The van der Waals surface area contributed by atoms with Crippen LogP contribution in [0.3, 0.4) is 0 Å². The first kappa shape index (κ1) is 51.2. The summed E-state index contributed by atoms with van der Waals surface area (Å²) in [4.78, 5) is 0. The summed E-state index contributed by atoms with van der Waals surface area (Å²) in [6.45, 7) is 21.8. The van der Waals surface area contributed by atoms with Gasteiger partial charge in [-0.3, -0.25) is 0 Å². The molecule has 0 fully saturated rings. The maximum absolute atomic E-state index is 6.29. The molecule has 0 N–H and O–H groups in total. The molecule has 56 heavy (non-hydrogen) atoms. The van der Waals surface area contributed by atoms with Crippen LogP contribution in [0.15, 0.2) is 22.3 Å². The normalized spacial score (nSPS) is 13.3. The van der Waals surface area contributed by atoms with Crippen LogP contribution in [0.4, 0.5) is 0 Å². The van der Waals surface area contributed by atoms with Gasteiger partial charge in [-0.2, -0.15) is 0 Å². The first-order valence-corrected chi connectivity index (χ1v) is 20.3. The Morgan fingerprint density at radius 2 is 0.482 bits per heavy atom. The van der Waals surface area contributed by atoms with Crippen molar-refractivity contribution in [1.29, 1.82) is 0 Å². The zero-order valence-corrected chi connectivity index (χ0v) is 41.1. The second-order valence-corrected chi connectivity index (χ2v) is 19.4. The largest absolute Gasteiger partial charge is 1.00 e. The van der Waals surface area contributed by atoms with Gasteiger partial charge < -0.3 is 37.2 Å². The Bertz CT molecular complexity index is 1750. The van der Waals surface area contributed by atoms with E-state index in [1.165, 1.54) is 22.3 Å². The van der Waals surface area contributed by atoms with Crippen molar-refractivity contribution >= 4 is 23.6 Å². The number of hydrogen-bond donors (Lipinski definition) is 0. The molecule has 0 unspecified atom stereocenters. The molecular weight excluding hydrogens is 831 g/mol. The van der Waals surface area contributed by atoms with Crippen molar-refractivity contribution in [3.8, 4) is 51.7 Å². The Morgan fingerprint density at radius 3 is 0.625 bits per heavy atom. The van der Waals surface area contributed by atoms with Crippen LogP contribution in [-0.4, -0.2) is 72.1 Å². The fourth-order valence-electron chi connectivity index (χ4n) is 9.48. The maximum Gasteiger partial charge on any atom is -1.00 e. The van der Waals surface area contributed by atoms with E-state index in [1.54, 1.807) is 64.0 Å². The molecule has 0 amide bonds. The van der Waals surface area contributed by atoms with Crippen LogP contribution in [0.5, 0.6) is 51.7 Å². The Kier molecular flexibility index (Phi) is 17.6. The second kappa shape index (κ2) is 19.3.